The van der Waals surface area contributed by atoms with Crippen LogP contribution < -0.4 is 20.3 Å². The minimum atomic E-state index is -0.506. The van der Waals surface area contributed by atoms with Crippen molar-refractivity contribution in [1.82, 2.24) is 20.0 Å². The van der Waals surface area contributed by atoms with Gasteiger partial charge in [-0.3, -0.25) is 24.1 Å². The van der Waals surface area contributed by atoms with Gasteiger partial charge in [0, 0.05) is 26.2 Å². The summed E-state index contributed by atoms with van der Waals surface area (Å²) in [5, 5.41) is 6.02. The molecule has 3 amide bonds. The second kappa shape index (κ2) is 8.03. The highest BCUT2D eigenvalue weighted by atomic mass is 32.2. The highest BCUT2D eigenvalue weighted by molar-refractivity contribution is 8.18. The Morgan fingerprint density at radius 3 is 2.80 bits per heavy atom. The number of aryl methyl sites for hydroxylation is 1. The van der Waals surface area contributed by atoms with E-state index in [1.54, 1.807) is 24.3 Å². The van der Waals surface area contributed by atoms with E-state index in [-0.39, 0.29) is 36.0 Å². The molecule has 2 aromatic rings. The van der Waals surface area contributed by atoms with Crippen LogP contribution in [0.5, 0.6) is 11.5 Å². The summed E-state index contributed by atoms with van der Waals surface area (Å²) < 4.78 is 11.6. The minimum Gasteiger partial charge on any atom is -0.454 e. The first kappa shape index (κ1) is 19.7. The number of nitrogens with zero attached hydrogens (tertiary/aromatic N) is 3. The molecule has 1 aromatic heterocycles. The minimum absolute atomic E-state index is 0.0145. The molecule has 0 unspecified atom stereocenters. The largest absolute Gasteiger partial charge is 0.454 e. The van der Waals surface area contributed by atoms with Crippen molar-refractivity contribution >= 4 is 34.9 Å². The van der Waals surface area contributed by atoms with Gasteiger partial charge in [-0.25, -0.2) is 4.68 Å². The Hall–Kier alpha value is -3.60. The Morgan fingerprint density at radius 2 is 2.00 bits per heavy atom. The van der Waals surface area contributed by atoms with Crippen molar-refractivity contribution in [1.29, 1.82) is 0 Å². The molecular weight excluding hydrogens is 412 g/mol. The van der Waals surface area contributed by atoms with Crippen LogP contribution in [0.1, 0.15) is 16.1 Å². The van der Waals surface area contributed by atoms with E-state index in [9.17, 15) is 19.2 Å². The summed E-state index contributed by atoms with van der Waals surface area (Å²) >= 11 is 0.832. The van der Waals surface area contributed by atoms with Crippen molar-refractivity contribution in [2.24, 2.45) is 7.05 Å². The van der Waals surface area contributed by atoms with E-state index in [1.807, 2.05) is 0 Å². The van der Waals surface area contributed by atoms with Gasteiger partial charge in [-0.05, 0) is 41.6 Å². The van der Waals surface area contributed by atoms with Crippen LogP contribution in [-0.4, -0.2) is 51.6 Å². The molecule has 1 N–H and O–H groups in total. The van der Waals surface area contributed by atoms with E-state index in [2.05, 4.69) is 10.4 Å². The molecule has 0 radical (unpaired) electrons. The normalized spacial score (nSPS) is 16.4. The molecule has 11 heteroatoms. The van der Waals surface area contributed by atoms with Gasteiger partial charge < -0.3 is 14.8 Å². The quantitative estimate of drug-likeness (QED) is 0.700. The topological polar surface area (TPSA) is 120 Å². The second-order valence-corrected chi connectivity index (χ2v) is 7.38. The SMILES string of the molecule is Cn1nc(C(=O)NCCN2C(=O)S/C(=C\c3ccc4c(c3)OCO4)C2=O)ccc1=O. The maximum absolute atomic E-state index is 12.6. The lowest BCUT2D eigenvalue weighted by molar-refractivity contribution is -0.122. The number of fused-ring (bicyclic) bond motifs is 1. The van der Waals surface area contributed by atoms with E-state index in [4.69, 9.17) is 9.47 Å². The first-order valence-electron chi connectivity index (χ1n) is 8.90. The zero-order valence-corrected chi connectivity index (χ0v) is 16.6. The summed E-state index contributed by atoms with van der Waals surface area (Å²) in [4.78, 5) is 49.6. The van der Waals surface area contributed by atoms with Gasteiger partial charge in [-0.2, -0.15) is 5.10 Å². The Labute approximate surface area is 174 Å². The van der Waals surface area contributed by atoms with E-state index in [1.165, 1.54) is 19.2 Å². The first-order valence-corrected chi connectivity index (χ1v) is 9.71. The maximum atomic E-state index is 12.6. The molecule has 1 saturated heterocycles. The number of imide groups is 1. The van der Waals surface area contributed by atoms with Crippen molar-refractivity contribution in [3.63, 3.8) is 0 Å². The number of hydrogen-bond acceptors (Lipinski definition) is 8. The van der Waals surface area contributed by atoms with Gasteiger partial charge in [0.1, 0.15) is 5.69 Å². The van der Waals surface area contributed by atoms with Gasteiger partial charge in [0.25, 0.3) is 22.6 Å². The molecule has 3 heterocycles. The molecule has 0 saturated carbocycles. The van der Waals surface area contributed by atoms with Crippen LogP contribution in [0.4, 0.5) is 4.79 Å². The van der Waals surface area contributed by atoms with E-state index < -0.39 is 17.1 Å². The predicted molar refractivity (Wildman–Crippen MR) is 107 cm³/mol. The number of aromatic nitrogens is 2. The fraction of sp³-hybridized carbons (Fsp3) is 0.211. The predicted octanol–water partition coefficient (Wildman–Crippen LogP) is 0.975. The fourth-order valence-electron chi connectivity index (χ4n) is 2.84. The highest BCUT2D eigenvalue weighted by Crippen LogP contribution is 2.36. The molecule has 0 aliphatic carbocycles. The molecule has 2 aliphatic rings. The number of amides is 3. The molecule has 1 aromatic carbocycles. The van der Waals surface area contributed by atoms with Crippen molar-refractivity contribution in [2.45, 2.75) is 0 Å². The zero-order chi connectivity index (χ0) is 21.3. The average Bonchev–Trinajstić information content (AvgIpc) is 3.29. The van der Waals surface area contributed by atoms with Gasteiger partial charge >= 0.3 is 0 Å². The van der Waals surface area contributed by atoms with Gasteiger partial charge in [-0.15, -0.1) is 0 Å². The lowest BCUT2D eigenvalue weighted by Gasteiger charge is -2.12. The highest BCUT2D eigenvalue weighted by Gasteiger charge is 2.34. The first-order chi connectivity index (χ1) is 14.4. The molecule has 2 aliphatic heterocycles. The van der Waals surface area contributed by atoms with E-state index in [0.29, 0.717) is 17.1 Å². The lowest BCUT2D eigenvalue weighted by Crippen LogP contribution is -2.38. The molecule has 30 heavy (non-hydrogen) atoms. The number of ether oxygens (including phenoxy) is 2. The Balaban J connectivity index is 1.37. The fourth-order valence-corrected chi connectivity index (χ4v) is 3.71. The number of carbonyl (C=O) groups excluding carboxylic acids is 3. The van der Waals surface area contributed by atoms with Crippen LogP contribution in [0.3, 0.4) is 0 Å². The van der Waals surface area contributed by atoms with Gasteiger partial charge in [0.2, 0.25) is 6.79 Å². The molecule has 10 nitrogen and oxygen atoms in total. The van der Waals surface area contributed by atoms with Gasteiger partial charge in [-0.1, -0.05) is 6.07 Å². The molecule has 154 valence electrons. The Kier molecular flexibility index (Phi) is 5.27. The maximum Gasteiger partial charge on any atom is 0.293 e. The average molecular weight is 428 g/mol. The monoisotopic (exact) mass is 428 g/mol. The lowest BCUT2D eigenvalue weighted by atomic mass is 10.2. The number of thioether (sulfide) groups is 1. The summed E-state index contributed by atoms with van der Waals surface area (Å²) in [7, 11) is 1.44. The summed E-state index contributed by atoms with van der Waals surface area (Å²) in [6.45, 7) is 0.217. The smallest absolute Gasteiger partial charge is 0.293 e. The molecule has 0 bridgehead atoms. The van der Waals surface area contributed by atoms with Crippen molar-refractivity contribution in [3.05, 3.63) is 56.8 Å². The number of carbonyl (C=O) groups is 3. The third kappa shape index (κ3) is 3.92. The van der Waals surface area contributed by atoms with E-state index in [0.717, 1.165) is 21.3 Å². The number of hydrogen-bond donors (Lipinski definition) is 1. The van der Waals surface area contributed by atoms with Crippen LogP contribution >= 0.6 is 11.8 Å². The summed E-state index contributed by atoms with van der Waals surface area (Å²) in [6, 6.07) is 7.78. The zero-order valence-electron chi connectivity index (χ0n) is 15.8. The van der Waals surface area contributed by atoms with Crippen LogP contribution in [0, 0.1) is 0 Å². The van der Waals surface area contributed by atoms with Crippen LogP contribution in [0.2, 0.25) is 0 Å². The molecule has 1 fully saturated rings. The summed E-state index contributed by atoms with van der Waals surface area (Å²) in [5.74, 6) is 0.271. The Morgan fingerprint density at radius 1 is 1.20 bits per heavy atom. The third-order valence-corrected chi connectivity index (χ3v) is 5.29. The molecular formula is C19H16N4O6S. The van der Waals surface area contributed by atoms with Crippen molar-refractivity contribution in [3.8, 4) is 11.5 Å². The molecule has 0 spiro atoms. The number of benzene rings is 1. The van der Waals surface area contributed by atoms with Crippen LogP contribution in [0.15, 0.2) is 40.0 Å². The van der Waals surface area contributed by atoms with E-state index >= 15 is 0 Å². The van der Waals surface area contributed by atoms with Crippen LogP contribution in [0.25, 0.3) is 6.08 Å². The number of nitrogens with one attached hydrogen (secondary N) is 1. The van der Waals surface area contributed by atoms with Gasteiger partial charge in [0.15, 0.2) is 11.5 Å². The summed E-state index contributed by atoms with van der Waals surface area (Å²) in [5.41, 5.74) is 0.436. The molecule has 0 atom stereocenters. The number of rotatable bonds is 5. The van der Waals surface area contributed by atoms with Gasteiger partial charge in [0.05, 0.1) is 4.91 Å². The molecule has 4 rings (SSSR count). The van der Waals surface area contributed by atoms with Crippen molar-refractivity contribution < 1.29 is 23.9 Å². The van der Waals surface area contributed by atoms with Crippen molar-refractivity contribution in [2.75, 3.05) is 19.9 Å². The standard InChI is InChI=1S/C19H16N4O6S/c1-22-16(24)5-3-12(21-22)17(25)20-6-7-23-18(26)15(30-19(23)27)9-11-2-4-13-14(8-11)29-10-28-13/h2-5,8-9H,6-7,10H2,1H3,(H,20,25)/b15-9-. The van der Waals surface area contributed by atoms with Crippen LogP contribution in [-0.2, 0) is 11.8 Å². The summed E-state index contributed by atoms with van der Waals surface area (Å²) in [6.07, 6.45) is 1.61. The second-order valence-electron chi connectivity index (χ2n) is 6.38. The Bertz CT molecular complexity index is 1140. The third-order valence-electron chi connectivity index (χ3n) is 4.38.